The summed E-state index contributed by atoms with van der Waals surface area (Å²) in [6, 6.07) is 5.51. The lowest BCUT2D eigenvalue weighted by Gasteiger charge is -2.21. The van der Waals surface area contributed by atoms with Crippen LogP contribution in [-0.4, -0.2) is 29.8 Å². The predicted octanol–water partition coefficient (Wildman–Crippen LogP) is 3.58. The van der Waals surface area contributed by atoms with E-state index in [4.69, 9.17) is 0 Å². The van der Waals surface area contributed by atoms with Crippen LogP contribution in [0.25, 0.3) is 0 Å². The fraction of sp³-hybridized carbons (Fsp3) is 0.588. The third-order valence-electron chi connectivity index (χ3n) is 4.37. The number of hydrogen-bond acceptors (Lipinski definition) is 2. The summed E-state index contributed by atoms with van der Waals surface area (Å²) in [6.45, 7) is 3.70. The molecule has 20 heavy (non-hydrogen) atoms. The SMILES string of the molecule is Cc1ccc(C(=O)CCN(CC2CC2)C2CC2)cc1F. The van der Waals surface area contributed by atoms with Crippen LogP contribution in [0.15, 0.2) is 18.2 Å². The Morgan fingerprint density at radius 3 is 2.65 bits per heavy atom. The van der Waals surface area contributed by atoms with Gasteiger partial charge in [0.25, 0.3) is 0 Å². The van der Waals surface area contributed by atoms with E-state index < -0.39 is 0 Å². The van der Waals surface area contributed by atoms with Gasteiger partial charge in [-0.2, -0.15) is 0 Å². The first-order valence-electron chi connectivity index (χ1n) is 7.67. The zero-order chi connectivity index (χ0) is 14.1. The van der Waals surface area contributed by atoms with Crippen LogP contribution in [0.1, 0.15) is 48.0 Å². The Hall–Kier alpha value is -1.22. The van der Waals surface area contributed by atoms with E-state index in [0.717, 1.165) is 19.0 Å². The number of carbonyl (C=O) groups excluding carboxylic acids is 1. The first-order chi connectivity index (χ1) is 9.63. The van der Waals surface area contributed by atoms with Crippen molar-refractivity contribution in [3.05, 3.63) is 35.1 Å². The molecule has 0 atom stereocenters. The highest BCUT2D eigenvalue weighted by Crippen LogP contribution is 2.34. The summed E-state index contributed by atoms with van der Waals surface area (Å²) in [4.78, 5) is 14.6. The standard InChI is InChI=1S/C17H22FNO/c1-12-2-5-14(10-16(12)18)17(20)8-9-19(15-6-7-15)11-13-3-4-13/h2,5,10,13,15H,3-4,6-9,11H2,1H3. The summed E-state index contributed by atoms with van der Waals surface area (Å²) in [6.07, 6.45) is 5.76. The van der Waals surface area contributed by atoms with Gasteiger partial charge in [-0.05, 0) is 50.2 Å². The van der Waals surface area contributed by atoms with Gasteiger partial charge in [-0.25, -0.2) is 4.39 Å². The number of ketones is 1. The molecule has 0 aromatic heterocycles. The number of aryl methyl sites for hydroxylation is 1. The summed E-state index contributed by atoms with van der Waals surface area (Å²) in [5.41, 5.74) is 1.10. The zero-order valence-corrected chi connectivity index (χ0v) is 12.1. The molecule has 0 aliphatic heterocycles. The van der Waals surface area contributed by atoms with E-state index in [1.54, 1.807) is 19.1 Å². The maximum atomic E-state index is 13.5. The average Bonchev–Trinajstić information content (AvgIpc) is 3.29. The Morgan fingerprint density at radius 2 is 2.05 bits per heavy atom. The summed E-state index contributed by atoms with van der Waals surface area (Å²) in [7, 11) is 0. The number of hydrogen-bond donors (Lipinski definition) is 0. The number of benzene rings is 1. The second-order valence-corrected chi connectivity index (χ2v) is 6.31. The van der Waals surface area contributed by atoms with Crippen LogP contribution in [0, 0.1) is 18.7 Å². The number of halogens is 1. The van der Waals surface area contributed by atoms with Crippen molar-refractivity contribution >= 4 is 5.78 Å². The molecule has 0 radical (unpaired) electrons. The maximum absolute atomic E-state index is 13.5. The van der Waals surface area contributed by atoms with Crippen LogP contribution in [0.2, 0.25) is 0 Å². The van der Waals surface area contributed by atoms with Gasteiger partial charge in [-0.3, -0.25) is 9.69 Å². The quantitative estimate of drug-likeness (QED) is 0.709. The third-order valence-corrected chi connectivity index (χ3v) is 4.37. The minimum atomic E-state index is -0.284. The molecule has 108 valence electrons. The Kier molecular flexibility index (Phi) is 3.88. The molecule has 3 rings (SSSR count). The van der Waals surface area contributed by atoms with Gasteiger partial charge in [0, 0.05) is 31.1 Å². The lowest BCUT2D eigenvalue weighted by atomic mass is 10.1. The fourth-order valence-electron chi connectivity index (χ4n) is 2.65. The van der Waals surface area contributed by atoms with Crippen molar-refractivity contribution in [2.75, 3.05) is 13.1 Å². The fourth-order valence-corrected chi connectivity index (χ4v) is 2.65. The van der Waals surface area contributed by atoms with E-state index in [2.05, 4.69) is 4.90 Å². The van der Waals surface area contributed by atoms with Crippen molar-refractivity contribution in [1.29, 1.82) is 0 Å². The van der Waals surface area contributed by atoms with E-state index in [1.165, 1.54) is 31.7 Å². The van der Waals surface area contributed by atoms with Gasteiger partial charge in [-0.15, -0.1) is 0 Å². The van der Waals surface area contributed by atoms with Crippen molar-refractivity contribution < 1.29 is 9.18 Å². The van der Waals surface area contributed by atoms with Gasteiger partial charge in [0.15, 0.2) is 5.78 Å². The van der Waals surface area contributed by atoms with Crippen molar-refractivity contribution in [3.63, 3.8) is 0 Å². The average molecular weight is 275 g/mol. The molecule has 2 fully saturated rings. The molecule has 0 N–H and O–H groups in total. The van der Waals surface area contributed by atoms with E-state index in [0.29, 0.717) is 23.6 Å². The van der Waals surface area contributed by atoms with E-state index in [9.17, 15) is 9.18 Å². The molecule has 1 aromatic carbocycles. The van der Waals surface area contributed by atoms with Gasteiger partial charge < -0.3 is 0 Å². The first kappa shape index (κ1) is 13.7. The van der Waals surface area contributed by atoms with Crippen LogP contribution in [-0.2, 0) is 0 Å². The normalized spacial score (nSPS) is 18.6. The predicted molar refractivity (Wildman–Crippen MR) is 77.4 cm³/mol. The van der Waals surface area contributed by atoms with E-state index in [1.807, 2.05) is 0 Å². The molecule has 0 amide bonds. The molecule has 2 aliphatic rings. The molecular weight excluding hydrogens is 253 g/mol. The Bertz CT molecular complexity index is 506. The van der Waals surface area contributed by atoms with Crippen molar-refractivity contribution in [3.8, 4) is 0 Å². The molecular formula is C17H22FNO. The van der Waals surface area contributed by atoms with Crippen LogP contribution in [0.4, 0.5) is 4.39 Å². The number of Topliss-reactive ketones (excluding diaryl/α,β-unsaturated/α-hetero) is 1. The smallest absolute Gasteiger partial charge is 0.164 e. The van der Waals surface area contributed by atoms with Gasteiger partial charge in [0.2, 0.25) is 0 Å². The monoisotopic (exact) mass is 275 g/mol. The maximum Gasteiger partial charge on any atom is 0.164 e. The molecule has 0 bridgehead atoms. The molecule has 0 unspecified atom stereocenters. The summed E-state index contributed by atoms with van der Waals surface area (Å²) in [5, 5.41) is 0. The largest absolute Gasteiger partial charge is 0.300 e. The number of carbonyl (C=O) groups is 1. The van der Waals surface area contributed by atoms with Crippen molar-refractivity contribution in [1.82, 2.24) is 4.90 Å². The molecule has 0 saturated heterocycles. The summed E-state index contributed by atoms with van der Waals surface area (Å²) >= 11 is 0. The highest BCUT2D eigenvalue weighted by molar-refractivity contribution is 5.96. The minimum Gasteiger partial charge on any atom is -0.300 e. The lowest BCUT2D eigenvalue weighted by molar-refractivity contribution is 0.0960. The molecule has 0 spiro atoms. The Labute approximate surface area is 120 Å². The van der Waals surface area contributed by atoms with E-state index in [-0.39, 0.29) is 11.6 Å². The molecule has 3 heteroatoms. The topological polar surface area (TPSA) is 20.3 Å². The van der Waals surface area contributed by atoms with Gasteiger partial charge in [0.1, 0.15) is 5.82 Å². The second kappa shape index (κ2) is 5.65. The van der Waals surface area contributed by atoms with Crippen LogP contribution in [0.5, 0.6) is 0 Å². The highest BCUT2D eigenvalue weighted by atomic mass is 19.1. The van der Waals surface area contributed by atoms with Crippen LogP contribution < -0.4 is 0 Å². The third kappa shape index (κ3) is 3.45. The molecule has 0 heterocycles. The minimum absolute atomic E-state index is 0.0605. The van der Waals surface area contributed by atoms with E-state index >= 15 is 0 Å². The van der Waals surface area contributed by atoms with Crippen molar-refractivity contribution in [2.24, 2.45) is 5.92 Å². The van der Waals surface area contributed by atoms with Crippen LogP contribution in [0.3, 0.4) is 0 Å². The van der Waals surface area contributed by atoms with Crippen molar-refractivity contribution in [2.45, 2.75) is 45.1 Å². The van der Waals surface area contributed by atoms with Gasteiger partial charge >= 0.3 is 0 Å². The molecule has 2 nitrogen and oxygen atoms in total. The first-order valence-corrected chi connectivity index (χ1v) is 7.67. The molecule has 1 aromatic rings. The van der Waals surface area contributed by atoms with Gasteiger partial charge in [-0.1, -0.05) is 12.1 Å². The Balaban J connectivity index is 1.55. The lowest BCUT2D eigenvalue weighted by Crippen LogP contribution is -2.30. The summed E-state index contributed by atoms with van der Waals surface area (Å²) in [5.74, 6) is 0.640. The molecule has 2 saturated carbocycles. The Morgan fingerprint density at radius 1 is 1.30 bits per heavy atom. The van der Waals surface area contributed by atoms with Gasteiger partial charge in [0.05, 0.1) is 0 Å². The zero-order valence-electron chi connectivity index (χ0n) is 12.1. The number of nitrogens with zero attached hydrogens (tertiary/aromatic N) is 1. The number of rotatable bonds is 7. The second-order valence-electron chi connectivity index (χ2n) is 6.31. The summed E-state index contributed by atoms with van der Waals surface area (Å²) < 4.78 is 13.5. The molecule has 2 aliphatic carbocycles. The van der Waals surface area contributed by atoms with Crippen LogP contribution >= 0.6 is 0 Å². The highest BCUT2D eigenvalue weighted by Gasteiger charge is 2.33.